The number of para-hydroxylation sites is 1. The third kappa shape index (κ3) is 1.78. The van der Waals surface area contributed by atoms with E-state index in [1.54, 1.807) is 18.5 Å². The van der Waals surface area contributed by atoms with Gasteiger partial charge in [0, 0.05) is 6.04 Å². The van der Waals surface area contributed by atoms with E-state index < -0.39 is 5.97 Å². The van der Waals surface area contributed by atoms with E-state index in [1.807, 2.05) is 6.07 Å². The molecule has 1 fully saturated rings. The Labute approximate surface area is 105 Å². The summed E-state index contributed by atoms with van der Waals surface area (Å²) in [5.74, 6) is -0.908. The number of hydrogen-bond acceptors (Lipinski definition) is 2. The predicted molar refractivity (Wildman–Crippen MR) is 68.8 cm³/mol. The van der Waals surface area contributed by atoms with Crippen LogP contribution >= 0.6 is 0 Å². The average molecular weight is 244 g/mol. The molecule has 0 radical (unpaired) electrons. The predicted octanol–water partition coefficient (Wildman–Crippen LogP) is 3.24. The van der Waals surface area contributed by atoms with Gasteiger partial charge in [-0.3, -0.25) is 0 Å². The number of hydrogen-bond donors (Lipinski definition) is 1. The van der Waals surface area contributed by atoms with Crippen LogP contribution in [0.5, 0.6) is 0 Å². The average Bonchev–Trinajstić information content (AvgIpc) is 2.83. The van der Waals surface area contributed by atoms with E-state index in [2.05, 4.69) is 9.55 Å². The van der Waals surface area contributed by atoms with Gasteiger partial charge in [-0.15, -0.1) is 0 Å². The second-order valence-corrected chi connectivity index (χ2v) is 4.92. The van der Waals surface area contributed by atoms with Crippen molar-refractivity contribution in [3.63, 3.8) is 0 Å². The van der Waals surface area contributed by atoms with Gasteiger partial charge in [0.2, 0.25) is 0 Å². The first-order valence-electron chi connectivity index (χ1n) is 6.46. The number of carbonyl (C=O) groups is 1. The third-order valence-electron chi connectivity index (χ3n) is 3.80. The van der Waals surface area contributed by atoms with E-state index in [9.17, 15) is 4.79 Å². The lowest BCUT2D eigenvalue weighted by molar-refractivity contribution is 0.0699. The molecular formula is C14H16N2O2. The summed E-state index contributed by atoms with van der Waals surface area (Å²) in [5, 5.41) is 9.15. The summed E-state index contributed by atoms with van der Waals surface area (Å²) in [6.45, 7) is 0. The van der Waals surface area contributed by atoms with Crippen molar-refractivity contribution in [3.8, 4) is 0 Å². The largest absolute Gasteiger partial charge is 0.478 e. The molecule has 1 heterocycles. The summed E-state index contributed by atoms with van der Waals surface area (Å²) in [7, 11) is 0. The van der Waals surface area contributed by atoms with Gasteiger partial charge in [0.1, 0.15) is 5.52 Å². The Bertz CT molecular complexity index is 582. The van der Waals surface area contributed by atoms with Crippen molar-refractivity contribution in [3.05, 3.63) is 30.1 Å². The van der Waals surface area contributed by atoms with Crippen molar-refractivity contribution in [1.29, 1.82) is 0 Å². The second-order valence-electron chi connectivity index (χ2n) is 4.92. The number of carboxylic acid groups (broad SMARTS) is 1. The van der Waals surface area contributed by atoms with E-state index in [0.717, 1.165) is 5.52 Å². The number of nitrogens with zero attached hydrogens (tertiary/aromatic N) is 2. The van der Waals surface area contributed by atoms with Gasteiger partial charge in [-0.25, -0.2) is 9.78 Å². The number of aromatic nitrogens is 2. The summed E-state index contributed by atoms with van der Waals surface area (Å²) in [6, 6.07) is 5.85. The zero-order valence-electron chi connectivity index (χ0n) is 10.2. The molecular weight excluding hydrogens is 228 g/mol. The van der Waals surface area contributed by atoms with Crippen LogP contribution in [0.25, 0.3) is 11.0 Å². The van der Waals surface area contributed by atoms with Gasteiger partial charge in [-0.2, -0.15) is 0 Å². The van der Waals surface area contributed by atoms with Crippen molar-refractivity contribution < 1.29 is 9.90 Å². The summed E-state index contributed by atoms with van der Waals surface area (Å²) in [5.41, 5.74) is 1.85. The molecule has 0 aliphatic heterocycles. The number of rotatable bonds is 2. The number of fused-ring (bicyclic) bond motifs is 1. The number of carboxylic acids is 1. The highest BCUT2D eigenvalue weighted by Gasteiger charge is 2.19. The topological polar surface area (TPSA) is 55.1 Å². The summed E-state index contributed by atoms with van der Waals surface area (Å²) in [4.78, 5) is 15.4. The standard InChI is InChI=1S/C14H16N2O2/c17-14(18)11-7-4-8-12-13(11)15-9-16(12)10-5-2-1-3-6-10/h4,7-10H,1-3,5-6H2,(H,17,18). The van der Waals surface area contributed by atoms with Crippen LogP contribution in [-0.2, 0) is 0 Å². The van der Waals surface area contributed by atoms with E-state index in [-0.39, 0.29) is 0 Å². The lowest BCUT2D eigenvalue weighted by atomic mass is 9.95. The van der Waals surface area contributed by atoms with Crippen molar-refractivity contribution in [2.75, 3.05) is 0 Å². The Kier molecular flexibility index (Phi) is 2.78. The lowest BCUT2D eigenvalue weighted by Gasteiger charge is -2.23. The first-order valence-corrected chi connectivity index (χ1v) is 6.46. The minimum absolute atomic E-state index is 0.294. The van der Waals surface area contributed by atoms with Gasteiger partial charge in [0.15, 0.2) is 0 Å². The molecule has 0 unspecified atom stereocenters. The van der Waals surface area contributed by atoms with Crippen LogP contribution in [0, 0.1) is 0 Å². The summed E-state index contributed by atoms with van der Waals surface area (Å²) in [6.07, 6.45) is 7.95. The maximum absolute atomic E-state index is 11.2. The minimum Gasteiger partial charge on any atom is -0.478 e. The molecule has 1 N–H and O–H groups in total. The highest BCUT2D eigenvalue weighted by molar-refractivity contribution is 6.00. The fourth-order valence-corrected chi connectivity index (χ4v) is 2.88. The fourth-order valence-electron chi connectivity index (χ4n) is 2.88. The molecule has 18 heavy (non-hydrogen) atoms. The Balaban J connectivity index is 2.08. The van der Waals surface area contributed by atoms with Crippen molar-refractivity contribution in [2.45, 2.75) is 38.1 Å². The molecule has 1 saturated carbocycles. The van der Waals surface area contributed by atoms with E-state index in [4.69, 9.17) is 5.11 Å². The lowest BCUT2D eigenvalue weighted by Crippen LogP contribution is -2.11. The Morgan fingerprint density at radius 1 is 1.28 bits per heavy atom. The Hall–Kier alpha value is -1.84. The normalized spacial score (nSPS) is 17.1. The van der Waals surface area contributed by atoms with Crippen molar-refractivity contribution in [1.82, 2.24) is 9.55 Å². The third-order valence-corrected chi connectivity index (χ3v) is 3.80. The summed E-state index contributed by atoms with van der Waals surface area (Å²) >= 11 is 0. The minimum atomic E-state index is -0.908. The number of aromatic carboxylic acids is 1. The zero-order valence-corrected chi connectivity index (χ0v) is 10.2. The number of benzene rings is 1. The number of imidazole rings is 1. The smallest absolute Gasteiger partial charge is 0.337 e. The van der Waals surface area contributed by atoms with Gasteiger partial charge in [-0.1, -0.05) is 25.3 Å². The van der Waals surface area contributed by atoms with E-state index in [0.29, 0.717) is 17.1 Å². The maximum atomic E-state index is 11.2. The molecule has 0 amide bonds. The molecule has 0 saturated heterocycles. The Morgan fingerprint density at radius 3 is 2.78 bits per heavy atom. The SMILES string of the molecule is O=C(O)c1cccc2c1ncn2C1CCCCC1. The molecule has 0 bridgehead atoms. The van der Waals surface area contributed by atoms with Gasteiger partial charge < -0.3 is 9.67 Å². The van der Waals surface area contributed by atoms with Crippen LogP contribution in [0.4, 0.5) is 0 Å². The molecule has 4 heteroatoms. The van der Waals surface area contributed by atoms with Crippen LogP contribution in [0.15, 0.2) is 24.5 Å². The quantitative estimate of drug-likeness (QED) is 0.882. The van der Waals surface area contributed by atoms with Crippen LogP contribution in [0.3, 0.4) is 0 Å². The molecule has 2 aromatic rings. The van der Waals surface area contributed by atoms with E-state index in [1.165, 1.54) is 32.1 Å². The van der Waals surface area contributed by atoms with Gasteiger partial charge in [-0.05, 0) is 25.0 Å². The Morgan fingerprint density at radius 2 is 2.06 bits per heavy atom. The fraction of sp³-hybridized carbons (Fsp3) is 0.429. The van der Waals surface area contributed by atoms with Crippen molar-refractivity contribution in [2.24, 2.45) is 0 Å². The first-order chi connectivity index (χ1) is 8.77. The molecule has 1 aromatic heterocycles. The molecule has 1 aliphatic carbocycles. The molecule has 1 aliphatic rings. The highest BCUT2D eigenvalue weighted by atomic mass is 16.4. The first kappa shape index (κ1) is 11.3. The van der Waals surface area contributed by atoms with Gasteiger partial charge >= 0.3 is 5.97 Å². The van der Waals surface area contributed by atoms with Crippen LogP contribution < -0.4 is 0 Å². The monoisotopic (exact) mass is 244 g/mol. The molecule has 3 rings (SSSR count). The second kappa shape index (κ2) is 4.44. The van der Waals surface area contributed by atoms with Crippen molar-refractivity contribution >= 4 is 17.0 Å². The molecule has 1 aromatic carbocycles. The van der Waals surface area contributed by atoms with Crippen LogP contribution in [-0.4, -0.2) is 20.6 Å². The zero-order chi connectivity index (χ0) is 12.5. The van der Waals surface area contributed by atoms with E-state index >= 15 is 0 Å². The molecule has 0 atom stereocenters. The highest BCUT2D eigenvalue weighted by Crippen LogP contribution is 2.31. The molecule has 4 nitrogen and oxygen atoms in total. The maximum Gasteiger partial charge on any atom is 0.337 e. The molecule has 0 spiro atoms. The van der Waals surface area contributed by atoms with Crippen LogP contribution in [0.1, 0.15) is 48.5 Å². The van der Waals surface area contributed by atoms with Gasteiger partial charge in [0.25, 0.3) is 0 Å². The molecule has 94 valence electrons. The van der Waals surface area contributed by atoms with Crippen LogP contribution in [0.2, 0.25) is 0 Å². The summed E-state index contributed by atoms with van der Waals surface area (Å²) < 4.78 is 2.15. The van der Waals surface area contributed by atoms with Gasteiger partial charge in [0.05, 0.1) is 17.4 Å².